The number of nitrogens with one attached hydrogen (secondary N) is 1. The number of amidine groups is 1. The molecule has 0 radical (unpaired) electrons. The van der Waals surface area contributed by atoms with E-state index < -0.39 is 5.25 Å². The smallest absolute Gasteiger partial charge is 0.242 e. The van der Waals surface area contributed by atoms with Gasteiger partial charge >= 0.3 is 0 Å². The third kappa shape index (κ3) is 4.91. The van der Waals surface area contributed by atoms with Gasteiger partial charge in [-0.05, 0) is 37.1 Å². The molecule has 2 aliphatic rings. The minimum absolute atomic E-state index is 0.0339. The van der Waals surface area contributed by atoms with Crippen molar-refractivity contribution in [3.63, 3.8) is 0 Å². The van der Waals surface area contributed by atoms with Crippen molar-refractivity contribution in [2.75, 3.05) is 19.5 Å². The summed E-state index contributed by atoms with van der Waals surface area (Å²) in [5.74, 6) is 0.859. The lowest BCUT2D eigenvalue weighted by Gasteiger charge is -2.23. The van der Waals surface area contributed by atoms with Crippen LogP contribution in [0.25, 0.3) is 0 Å². The van der Waals surface area contributed by atoms with Crippen molar-refractivity contribution < 1.29 is 19.1 Å². The fourth-order valence-electron chi connectivity index (χ4n) is 4.08. The Hall–Kier alpha value is -3.00. The van der Waals surface area contributed by atoms with Gasteiger partial charge in [-0.3, -0.25) is 14.5 Å². The third-order valence-corrected chi connectivity index (χ3v) is 6.84. The lowest BCUT2D eigenvalue weighted by Crippen LogP contribution is -2.40. The lowest BCUT2D eigenvalue weighted by atomic mass is 10.2. The quantitative estimate of drug-likeness (QED) is 0.662. The summed E-state index contributed by atoms with van der Waals surface area (Å²) in [4.78, 5) is 32.7. The second-order valence-corrected chi connectivity index (χ2v) is 8.97. The fraction of sp³-hybridized carbons (Fsp3) is 0.375. The third-order valence-electron chi connectivity index (χ3n) is 5.69. The van der Waals surface area contributed by atoms with Gasteiger partial charge in [0.1, 0.15) is 16.7 Å². The highest BCUT2D eigenvalue weighted by atomic mass is 32.2. The SMILES string of the molecule is COc1ccc(NC(=O)CC2SC(=Nc3ccccc3)N(C3CCCC3)C2=O)c(OC)c1. The number of carbonyl (C=O) groups is 2. The number of rotatable bonds is 7. The molecule has 1 heterocycles. The average Bonchev–Trinajstić information content (AvgIpc) is 3.43. The van der Waals surface area contributed by atoms with E-state index in [0.29, 0.717) is 22.4 Å². The van der Waals surface area contributed by atoms with Crippen LogP contribution in [-0.2, 0) is 9.59 Å². The van der Waals surface area contributed by atoms with Crippen LogP contribution in [0.2, 0.25) is 0 Å². The molecule has 0 spiro atoms. The Labute approximate surface area is 192 Å². The van der Waals surface area contributed by atoms with E-state index in [4.69, 9.17) is 14.5 Å². The zero-order valence-electron chi connectivity index (χ0n) is 18.2. The molecule has 2 aromatic carbocycles. The normalized spacial score (nSPS) is 20.1. The minimum atomic E-state index is -0.498. The molecule has 4 rings (SSSR count). The molecule has 2 fully saturated rings. The molecule has 32 heavy (non-hydrogen) atoms. The van der Waals surface area contributed by atoms with Gasteiger partial charge in [-0.15, -0.1) is 0 Å². The van der Waals surface area contributed by atoms with Crippen molar-refractivity contribution >= 4 is 40.1 Å². The van der Waals surface area contributed by atoms with Crippen molar-refractivity contribution in [2.45, 2.75) is 43.4 Å². The van der Waals surface area contributed by atoms with Crippen molar-refractivity contribution in [1.82, 2.24) is 4.90 Å². The van der Waals surface area contributed by atoms with Crippen LogP contribution in [0.5, 0.6) is 11.5 Å². The Morgan fingerprint density at radius 1 is 1.12 bits per heavy atom. The Kier molecular flexibility index (Phi) is 6.99. The summed E-state index contributed by atoms with van der Waals surface area (Å²) in [6, 6.07) is 15.0. The summed E-state index contributed by atoms with van der Waals surface area (Å²) in [7, 11) is 3.10. The van der Waals surface area contributed by atoms with Gasteiger partial charge in [0.25, 0.3) is 0 Å². The number of benzene rings is 2. The molecule has 0 aromatic heterocycles. The Morgan fingerprint density at radius 2 is 1.88 bits per heavy atom. The molecule has 2 aromatic rings. The number of carbonyl (C=O) groups excluding carboxylic acids is 2. The van der Waals surface area contributed by atoms with E-state index in [1.54, 1.807) is 25.3 Å². The van der Waals surface area contributed by atoms with Crippen molar-refractivity contribution in [1.29, 1.82) is 0 Å². The summed E-state index contributed by atoms with van der Waals surface area (Å²) in [6.45, 7) is 0. The number of hydrogen-bond acceptors (Lipinski definition) is 6. The summed E-state index contributed by atoms with van der Waals surface area (Å²) in [5, 5.41) is 3.06. The van der Waals surface area contributed by atoms with Gasteiger partial charge in [-0.25, -0.2) is 4.99 Å². The number of thioether (sulfide) groups is 1. The molecule has 1 aliphatic carbocycles. The molecular weight excluding hydrogens is 426 g/mol. The van der Waals surface area contributed by atoms with E-state index in [-0.39, 0.29) is 24.3 Å². The van der Waals surface area contributed by atoms with E-state index >= 15 is 0 Å². The number of ether oxygens (including phenoxy) is 2. The predicted molar refractivity (Wildman–Crippen MR) is 127 cm³/mol. The number of amides is 2. The first-order valence-corrected chi connectivity index (χ1v) is 11.6. The molecule has 7 nitrogen and oxygen atoms in total. The molecule has 8 heteroatoms. The fourth-order valence-corrected chi connectivity index (χ4v) is 5.29. The topological polar surface area (TPSA) is 80.2 Å². The van der Waals surface area contributed by atoms with Gasteiger partial charge in [-0.2, -0.15) is 0 Å². The highest BCUT2D eigenvalue weighted by molar-refractivity contribution is 8.15. The maximum absolute atomic E-state index is 13.3. The van der Waals surface area contributed by atoms with Gasteiger partial charge in [-0.1, -0.05) is 42.8 Å². The maximum Gasteiger partial charge on any atom is 0.242 e. The Morgan fingerprint density at radius 3 is 2.56 bits per heavy atom. The first kappa shape index (κ1) is 22.2. The Bertz CT molecular complexity index is 1010. The summed E-state index contributed by atoms with van der Waals surface area (Å²) in [6.07, 6.45) is 4.24. The summed E-state index contributed by atoms with van der Waals surface area (Å²) < 4.78 is 10.6. The van der Waals surface area contributed by atoms with E-state index in [1.807, 2.05) is 35.2 Å². The van der Waals surface area contributed by atoms with Gasteiger partial charge in [0.15, 0.2) is 5.17 Å². The highest BCUT2D eigenvalue weighted by Crippen LogP contribution is 2.37. The zero-order chi connectivity index (χ0) is 22.5. The first-order chi connectivity index (χ1) is 15.6. The van der Waals surface area contributed by atoms with Crippen molar-refractivity contribution in [3.05, 3.63) is 48.5 Å². The zero-order valence-corrected chi connectivity index (χ0v) is 19.1. The van der Waals surface area contributed by atoms with Gasteiger partial charge in [0, 0.05) is 18.5 Å². The molecule has 1 saturated heterocycles. The molecule has 1 N–H and O–H groups in total. The maximum atomic E-state index is 13.3. The number of hydrogen-bond donors (Lipinski definition) is 1. The van der Waals surface area contributed by atoms with Gasteiger partial charge < -0.3 is 14.8 Å². The average molecular weight is 454 g/mol. The molecule has 1 unspecified atom stereocenters. The largest absolute Gasteiger partial charge is 0.497 e. The van der Waals surface area contributed by atoms with Crippen LogP contribution in [0, 0.1) is 0 Å². The number of nitrogens with zero attached hydrogens (tertiary/aromatic N) is 2. The van der Waals surface area contributed by atoms with Crippen LogP contribution in [0.1, 0.15) is 32.1 Å². The van der Waals surface area contributed by atoms with Gasteiger partial charge in [0.2, 0.25) is 11.8 Å². The first-order valence-electron chi connectivity index (χ1n) is 10.7. The highest BCUT2D eigenvalue weighted by Gasteiger charge is 2.43. The van der Waals surface area contributed by atoms with Crippen LogP contribution >= 0.6 is 11.8 Å². The molecule has 0 bridgehead atoms. The van der Waals surface area contributed by atoms with Crippen molar-refractivity contribution in [2.24, 2.45) is 4.99 Å². The van der Waals surface area contributed by atoms with E-state index in [9.17, 15) is 9.59 Å². The minimum Gasteiger partial charge on any atom is -0.497 e. The Balaban J connectivity index is 1.50. The molecular formula is C24H27N3O4S. The van der Waals surface area contributed by atoms with Crippen molar-refractivity contribution in [3.8, 4) is 11.5 Å². The van der Waals surface area contributed by atoms with Crippen LogP contribution in [-0.4, -0.2) is 47.4 Å². The predicted octanol–water partition coefficient (Wildman–Crippen LogP) is 4.61. The molecule has 1 saturated carbocycles. The molecule has 2 amide bonds. The molecule has 1 aliphatic heterocycles. The van der Waals surface area contributed by atoms with Gasteiger partial charge in [0.05, 0.1) is 25.6 Å². The van der Waals surface area contributed by atoms with E-state index in [2.05, 4.69) is 5.32 Å². The van der Waals surface area contributed by atoms with Crippen LogP contribution in [0.15, 0.2) is 53.5 Å². The number of para-hydroxylation sites is 1. The van der Waals surface area contributed by atoms with Crippen LogP contribution < -0.4 is 14.8 Å². The van der Waals surface area contributed by atoms with Crippen LogP contribution in [0.3, 0.4) is 0 Å². The molecule has 1 atom stereocenters. The lowest BCUT2D eigenvalue weighted by molar-refractivity contribution is -0.129. The monoisotopic (exact) mass is 453 g/mol. The number of aliphatic imine (C=N–C) groups is 1. The summed E-state index contributed by atoms with van der Waals surface area (Å²) in [5.41, 5.74) is 1.35. The summed E-state index contributed by atoms with van der Waals surface area (Å²) >= 11 is 1.38. The second kappa shape index (κ2) is 10.1. The number of methoxy groups -OCH3 is 2. The van der Waals surface area contributed by atoms with Crippen LogP contribution in [0.4, 0.5) is 11.4 Å². The number of anilines is 1. The second-order valence-electron chi connectivity index (χ2n) is 7.80. The standard InChI is InChI=1S/C24H27N3O4S/c1-30-18-12-13-19(20(14-18)31-2)26-22(28)15-21-23(29)27(17-10-6-7-11-17)24(32-21)25-16-8-4-3-5-9-16/h3-5,8-9,12-14,17,21H,6-7,10-11,15H2,1-2H3,(H,26,28). The van der Waals surface area contributed by atoms with E-state index in [0.717, 1.165) is 31.4 Å². The van der Waals surface area contributed by atoms with E-state index in [1.165, 1.54) is 18.9 Å². The molecule has 168 valence electrons.